The Hall–Kier alpha value is -2.29. The molecule has 0 amide bonds. The van der Waals surface area contributed by atoms with Crippen molar-refractivity contribution in [1.29, 1.82) is 0 Å². The highest BCUT2D eigenvalue weighted by atomic mass is 32.2. The van der Waals surface area contributed by atoms with Crippen molar-refractivity contribution < 1.29 is 17.9 Å². The smallest absolute Gasteiger partial charge is 0.406 e. The molecule has 0 aliphatic heterocycles. The van der Waals surface area contributed by atoms with E-state index in [1.807, 2.05) is 19.9 Å². The number of thioether (sulfide) groups is 1. The van der Waals surface area contributed by atoms with Crippen molar-refractivity contribution in [2.24, 2.45) is 0 Å². The number of hydrogen-bond donors (Lipinski definition) is 0. The molecule has 0 aliphatic rings. The first kappa shape index (κ1) is 16.6. The van der Waals surface area contributed by atoms with Gasteiger partial charge >= 0.3 is 6.36 Å². The van der Waals surface area contributed by atoms with Crippen LogP contribution in [0, 0.1) is 13.8 Å². The van der Waals surface area contributed by atoms with Crippen LogP contribution in [0.2, 0.25) is 0 Å². The van der Waals surface area contributed by atoms with Gasteiger partial charge in [0.1, 0.15) is 5.75 Å². The highest BCUT2D eigenvalue weighted by Crippen LogP contribution is 2.25. The van der Waals surface area contributed by atoms with Gasteiger partial charge in [-0.1, -0.05) is 23.9 Å². The second-order valence-electron chi connectivity index (χ2n) is 5.13. The van der Waals surface area contributed by atoms with Gasteiger partial charge in [0.05, 0.1) is 0 Å². The molecule has 2 aromatic heterocycles. The second kappa shape index (κ2) is 6.31. The molecule has 3 rings (SSSR count). The van der Waals surface area contributed by atoms with Gasteiger partial charge in [-0.15, -0.1) is 18.3 Å². The van der Waals surface area contributed by atoms with Crippen LogP contribution in [0.4, 0.5) is 13.2 Å². The second-order valence-corrected chi connectivity index (χ2v) is 6.07. The predicted octanol–water partition coefficient (Wildman–Crippen LogP) is 3.93. The van der Waals surface area contributed by atoms with Crippen molar-refractivity contribution in [3.63, 3.8) is 0 Å². The number of fused-ring (bicyclic) bond motifs is 1. The maximum absolute atomic E-state index is 12.1. The normalized spacial score (nSPS) is 11.9. The molecule has 0 saturated carbocycles. The van der Waals surface area contributed by atoms with Crippen molar-refractivity contribution in [2.45, 2.75) is 31.1 Å². The molecule has 1 aromatic carbocycles. The average Bonchev–Trinajstić information content (AvgIpc) is 2.88. The van der Waals surface area contributed by atoms with Crippen LogP contribution in [-0.2, 0) is 5.75 Å². The Kier molecular flexibility index (Phi) is 4.35. The Balaban J connectivity index is 1.68. The highest BCUT2D eigenvalue weighted by molar-refractivity contribution is 7.98. The third-order valence-electron chi connectivity index (χ3n) is 3.12. The summed E-state index contributed by atoms with van der Waals surface area (Å²) < 4.78 is 41.9. The first-order valence-corrected chi connectivity index (χ1v) is 7.97. The van der Waals surface area contributed by atoms with E-state index in [0.29, 0.717) is 16.7 Å². The molecule has 0 unspecified atom stereocenters. The predicted molar refractivity (Wildman–Crippen MR) is 82.9 cm³/mol. The largest absolute Gasteiger partial charge is 0.573 e. The number of alkyl halides is 3. The summed E-state index contributed by atoms with van der Waals surface area (Å²) in [5.74, 6) is 0.822. The summed E-state index contributed by atoms with van der Waals surface area (Å²) in [4.78, 5) is 8.66. The SMILES string of the molecule is Cc1cc(C)n2nc(SCc3ccc(OC(F)(F)F)cc3)nc2n1. The van der Waals surface area contributed by atoms with Gasteiger partial charge in [-0.3, -0.25) is 0 Å². The Bertz CT molecular complexity index is 862. The van der Waals surface area contributed by atoms with Crippen molar-refractivity contribution >= 4 is 17.5 Å². The van der Waals surface area contributed by atoms with E-state index in [4.69, 9.17) is 0 Å². The van der Waals surface area contributed by atoms with Crippen LogP contribution in [-0.4, -0.2) is 25.9 Å². The molecule has 0 aliphatic carbocycles. The zero-order valence-electron chi connectivity index (χ0n) is 12.8. The molecular formula is C15H13F3N4OS. The first-order valence-electron chi connectivity index (χ1n) is 6.99. The van der Waals surface area contributed by atoms with Crippen LogP contribution >= 0.6 is 11.8 Å². The van der Waals surface area contributed by atoms with E-state index in [0.717, 1.165) is 17.0 Å². The third kappa shape index (κ3) is 3.97. The number of benzene rings is 1. The van der Waals surface area contributed by atoms with Gasteiger partial charge in [-0.2, -0.15) is 4.98 Å². The number of nitrogens with zero attached hydrogens (tertiary/aromatic N) is 4. The van der Waals surface area contributed by atoms with Crippen LogP contribution in [0.5, 0.6) is 5.75 Å². The maximum Gasteiger partial charge on any atom is 0.573 e. The van der Waals surface area contributed by atoms with Crippen molar-refractivity contribution in [2.75, 3.05) is 0 Å². The average molecular weight is 354 g/mol. The molecule has 126 valence electrons. The minimum atomic E-state index is -4.68. The van der Waals surface area contributed by atoms with E-state index in [2.05, 4.69) is 19.8 Å². The lowest BCUT2D eigenvalue weighted by atomic mass is 10.2. The van der Waals surface area contributed by atoms with E-state index in [1.54, 1.807) is 16.6 Å². The van der Waals surface area contributed by atoms with E-state index < -0.39 is 6.36 Å². The molecule has 0 spiro atoms. The molecule has 9 heteroatoms. The van der Waals surface area contributed by atoms with Crippen molar-refractivity contribution in [3.8, 4) is 5.75 Å². The van der Waals surface area contributed by atoms with Gasteiger partial charge in [0.15, 0.2) is 0 Å². The standard InChI is InChI=1S/C15H13F3N4OS/c1-9-7-10(2)22-13(19-9)20-14(21-22)24-8-11-3-5-12(6-4-11)23-15(16,17)18/h3-7H,8H2,1-2H3. The minimum Gasteiger partial charge on any atom is -0.406 e. The number of ether oxygens (including phenoxy) is 1. The van der Waals surface area contributed by atoms with Crippen LogP contribution in [0.3, 0.4) is 0 Å². The number of aryl methyl sites for hydroxylation is 2. The lowest BCUT2D eigenvalue weighted by molar-refractivity contribution is -0.274. The molecule has 24 heavy (non-hydrogen) atoms. The number of aromatic nitrogens is 4. The highest BCUT2D eigenvalue weighted by Gasteiger charge is 2.30. The number of rotatable bonds is 4. The number of hydrogen-bond acceptors (Lipinski definition) is 5. The zero-order valence-corrected chi connectivity index (χ0v) is 13.6. The Labute approximate surface area is 139 Å². The van der Waals surface area contributed by atoms with Gasteiger partial charge in [0.2, 0.25) is 5.16 Å². The molecular weight excluding hydrogens is 341 g/mol. The topological polar surface area (TPSA) is 52.3 Å². The monoisotopic (exact) mass is 354 g/mol. The zero-order chi connectivity index (χ0) is 17.3. The molecule has 0 atom stereocenters. The molecule has 2 heterocycles. The van der Waals surface area contributed by atoms with Crippen molar-refractivity contribution in [1.82, 2.24) is 19.6 Å². The molecule has 3 aromatic rings. The molecule has 5 nitrogen and oxygen atoms in total. The van der Waals surface area contributed by atoms with Gasteiger partial charge in [-0.25, -0.2) is 9.50 Å². The molecule has 0 saturated heterocycles. The fourth-order valence-electron chi connectivity index (χ4n) is 2.14. The van der Waals surface area contributed by atoms with Gasteiger partial charge in [0.25, 0.3) is 5.78 Å². The summed E-state index contributed by atoms with van der Waals surface area (Å²) in [5, 5.41) is 4.93. The summed E-state index contributed by atoms with van der Waals surface area (Å²) in [6.45, 7) is 3.81. The van der Waals surface area contributed by atoms with Crippen LogP contribution in [0.1, 0.15) is 17.0 Å². The van der Waals surface area contributed by atoms with E-state index in [9.17, 15) is 13.2 Å². The van der Waals surface area contributed by atoms with Crippen molar-refractivity contribution in [3.05, 3.63) is 47.3 Å². The fourth-order valence-corrected chi connectivity index (χ4v) is 2.92. The maximum atomic E-state index is 12.1. The molecule has 0 radical (unpaired) electrons. The molecule has 0 N–H and O–H groups in total. The summed E-state index contributed by atoms with van der Waals surface area (Å²) >= 11 is 1.39. The third-order valence-corrected chi connectivity index (χ3v) is 4.03. The Morgan fingerprint density at radius 2 is 1.83 bits per heavy atom. The van der Waals surface area contributed by atoms with Crippen LogP contribution in [0.15, 0.2) is 35.5 Å². The lowest BCUT2D eigenvalue weighted by Gasteiger charge is -2.08. The lowest BCUT2D eigenvalue weighted by Crippen LogP contribution is -2.16. The van der Waals surface area contributed by atoms with E-state index in [-0.39, 0.29) is 5.75 Å². The fraction of sp³-hybridized carbons (Fsp3) is 0.267. The van der Waals surface area contributed by atoms with Gasteiger partial charge < -0.3 is 4.74 Å². The quantitative estimate of drug-likeness (QED) is 0.665. The van der Waals surface area contributed by atoms with Gasteiger partial charge in [0, 0.05) is 17.1 Å². The summed E-state index contributed by atoms with van der Waals surface area (Å²) in [6, 6.07) is 7.65. The Morgan fingerprint density at radius 1 is 1.12 bits per heavy atom. The molecule has 0 bridgehead atoms. The summed E-state index contributed by atoms with van der Waals surface area (Å²) in [5.41, 5.74) is 2.64. The molecule has 0 fully saturated rings. The first-order chi connectivity index (χ1) is 11.3. The van der Waals surface area contributed by atoms with E-state index in [1.165, 1.54) is 23.9 Å². The minimum absolute atomic E-state index is 0.239. The number of halogens is 3. The van der Waals surface area contributed by atoms with Crippen LogP contribution < -0.4 is 4.74 Å². The summed E-state index contributed by atoms with van der Waals surface area (Å²) in [7, 11) is 0. The Morgan fingerprint density at radius 3 is 2.50 bits per heavy atom. The van der Waals surface area contributed by atoms with E-state index >= 15 is 0 Å². The van der Waals surface area contributed by atoms with Gasteiger partial charge in [-0.05, 0) is 37.6 Å². The summed E-state index contributed by atoms with van der Waals surface area (Å²) in [6.07, 6.45) is -4.68. The van der Waals surface area contributed by atoms with Crippen LogP contribution in [0.25, 0.3) is 5.78 Å².